The zero-order valence-electron chi connectivity index (χ0n) is 10.9. The summed E-state index contributed by atoms with van der Waals surface area (Å²) in [6.45, 7) is 1.87. The van der Waals surface area contributed by atoms with Crippen molar-refractivity contribution in [3.63, 3.8) is 0 Å². The van der Waals surface area contributed by atoms with E-state index >= 15 is 0 Å². The molecule has 0 aliphatic carbocycles. The van der Waals surface area contributed by atoms with Gasteiger partial charge < -0.3 is 11.1 Å². The number of carbonyl (C=O) groups excluding carboxylic acids is 1. The summed E-state index contributed by atoms with van der Waals surface area (Å²) in [6, 6.07) is 12.0. The van der Waals surface area contributed by atoms with Crippen molar-refractivity contribution in [1.29, 1.82) is 0 Å². The highest BCUT2D eigenvalue weighted by atomic mass is 35.5. The molecule has 2 aromatic carbocycles. The van der Waals surface area contributed by atoms with Crippen LogP contribution in [-0.4, -0.2) is 5.91 Å². The lowest BCUT2D eigenvalue weighted by Crippen LogP contribution is -2.26. The fraction of sp³-hybridized carbons (Fsp3) is 0.133. The van der Waals surface area contributed by atoms with Gasteiger partial charge in [-0.2, -0.15) is 0 Å². The van der Waals surface area contributed by atoms with E-state index in [4.69, 9.17) is 28.9 Å². The van der Waals surface area contributed by atoms with Gasteiger partial charge in [-0.1, -0.05) is 41.4 Å². The quantitative estimate of drug-likeness (QED) is 0.840. The first-order valence-corrected chi connectivity index (χ1v) is 6.85. The summed E-state index contributed by atoms with van der Waals surface area (Å²) in [7, 11) is 0. The van der Waals surface area contributed by atoms with Crippen molar-refractivity contribution in [2.45, 2.75) is 13.0 Å². The van der Waals surface area contributed by atoms with Crippen LogP contribution in [0, 0.1) is 0 Å². The number of carbonyl (C=O) groups is 1. The molecule has 2 rings (SSSR count). The van der Waals surface area contributed by atoms with E-state index in [0.29, 0.717) is 21.3 Å². The van der Waals surface area contributed by atoms with Gasteiger partial charge in [-0.15, -0.1) is 0 Å². The third-order valence-corrected chi connectivity index (χ3v) is 3.65. The molecule has 20 heavy (non-hydrogen) atoms. The van der Waals surface area contributed by atoms with Crippen LogP contribution < -0.4 is 11.1 Å². The molecule has 0 fully saturated rings. The van der Waals surface area contributed by atoms with Gasteiger partial charge in [0.15, 0.2) is 0 Å². The van der Waals surface area contributed by atoms with E-state index < -0.39 is 0 Å². The summed E-state index contributed by atoms with van der Waals surface area (Å²) in [5, 5.41) is 3.86. The predicted molar refractivity (Wildman–Crippen MR) is 83.2 cm³/mol. The minimum Gasteiger partial charge on any atom is -0.398 e. The Morgan fingerprint density at radius 1 is 1.15 bits per heavy atom. The smallest absolute Gasteiger partial charge is 0.251 e. The molecule has 0 radical (unpaired) electrons. The van der Waals surface area contributed by atoms with Crippen molar-refractivity contribution in [3.8, 4) is 0 Å². The molecule has 0 saturated heterocycles. The van der Waals surface area contributed by atoms with Gasteiger partial charge >= 0.3 is 0 Å². The summed E-state index contributed by atoms with van der Waals surface area (Å²) in [5.74, 6) is -0.223. The van der Waals surface area contributed by atoms with Gasteiger partial charge in [0, 0.05) is 10.6 Å². The number of anilines is 1. The number of benzene rings is 2. The molecule has 0 bridgehead atoms. The second-order valence-corrected chi connectivity index (χ2v) is 5.27. The maximum absolute atomic E-state index is 12.1. The molecule has 1 amide bonds. The normalized spacial score (nSPS) is 11.9. The molecule has 104 valence electrons. The standard InChI is InChI=1S/C15H14Cl2N2O/c1-9(11-4-2-3-5-12(11)16)19-15(20)10-6-7-14(18)13(17)8-10/h2-9H,18H2,1H3,(H,19,20)/t9-/m1/s1. The van der Waals surface area contributed by atoms with Crippen LogP contribution in [0.2, 0.25) is 10.0 Å². The monoisotopic (exact) mass is 308 g/mol. The molecule has 5 heteroatoms. The van der Waals surface area contributed by atoms with Crippen LogP contribution in [0.15, 0.2) is 42.5 Å². The first kappa shape index (κ1) is 14.7. The van der Waals surface area contributed by atoms with Crippen molar-refractivity contribution in [3.05, 3.63) is 63.6 Å². The summed E-state index contributed by atoms with van der Waals surface area (Å²) < 4.78 is 0. The maximum atomic E-state index is 12.1. The fourth-order valence-corrected chi connectivity index (χ4v) is 2.33. The van der Waals surface area contributed by atoms with E-state index in [9.17, 15) is 4.79 Å². The lowest BCUT2D eigenvalue weighted by atomic mass is 10.1. The van der Waals surface area contributed by atoms with Crippen LogP contribution in [0.3, 0.4) is 0 Å². The van der Waals surface area contributed by atoms with E-state index in [0.717, 1.165) is 5.56 Å². The molecule has 0 unspecified atom stereocenters. The highest BCUT2D eigenvalue weighted by Crippen LogP contribution is 2.23. The Kier molecular flexibility index (Phi) is 4.53. The van der Waals surface area contributed by atoms with Gasteiger partial charge in [0.25, 0.3) is 5.91 Å². The van der Waals surface area contributed by atoms with Crippen molar-refractivity contribution in [2.75, 3.05) is 5.73 Å². The molecular weight excluding hydrogens is 295 g/mol. The number of hydrogen-bond donors (Lipinski definition) is 2. The van der Waals surface area contributed by atoms with E-state index in [1.807, 2.05) is 25.1 Å². The number of nitrogen functional groups attached to an aromatic ring is 1. The lowest BCUT2D eigenvalue weighted by molar-refractivity contribution is 0.0940. The van der Waals surface area contributed by atoms with Gasteiger partial charge in [-0.05, 0) is 36.8 Å². The molecule has 3 N–H and O–H groups in total. The maximum Gasteiger partial charge on any atom is 0.251 e. The van der Waals surface area contributed by atoms with Gasteiger partial charge in [-0.25, -0.2) is 0 Å². The van der Waals surface area contributed by atoms with Gasteiger partial charge in [0.1, 0.15) is 0 Å². The Bertz CT molecular complexity index is 644. The van der Waals surface area contributed by atoms with Gasteiger partial charge in [0.2, 0.25) is 0 Å². The minimum atomic E-state index is -0.223. The molecule has 0 aliphatic heterocycles. The van der Waals surface area contributed by atoms with Gasteiger partial charge in [-0.3, -0.25) is 4.79 Å². The molecule has 0 heterocycles. The molecule has 0 saturated carbocycles. The largest absolute Gasteiger partial charge is 0.398 e. The summed E-state index contributed by atoms with van der Waals surface area (Å²) in [6.07, 6.45) is 0. The minimum absolute atomic E-state index is 0.201. The third kappa shape index (κ3) is 3.24. The average Bonchev–Trinajstić information content (AvgIpc) is 2.42. The number of nitrogens with two attached hydrogens (primary N) is 1. The molecule has 0 spiro atoms. The van der Waals surface area contributed by atoms with E-state index in [-0.39, 0.29) is 11.9 Å². The number of rotatable bonds is 3. The number of amides is 1. The second-order valence-electron chi connectivity index (χ2n) is 4.45. The van der Waals surface area contributed by atoms with Crippen LogP contribution in [-0.2, 0) is 0 Å². The van der Waals surface area contributed by atoms with Crippen LogP contribution in [0.25, 0.3) is 0 Å². The zero-order valence-corrected chi connectivity index (χ0v) is 12.4. The van der Waals surface area contributed by atoms with E-state index in [1.165, 1.54) is 0 Å². The topological polar surface area (TPSA) is 55.1 Å². The molecular formula is C15H14Cl2N2O. The Morgan fingerprint density at radius 3 is 2.50 bits per heavy atom. The Morgan fingerprint density at radius 2 is 1.85 bits per heavy atom. The number of nitrogens with one attached hydrogen (secondary N) is 1. The highest BCUT2D eigenvalue weighted by Gasteiger charge is 2.14. The van der Waals surface area contributed by atoms with Gasteiger partial charge in [0.05, 0.1) is 16.8 Å². The molecule has 0 aromatic heterocycles. The van der Waals surface area contributed by atoms with Crippen LogP contribution in [0.5, 0.6) is 0 Å². The van der Waals surface area contributed by atoms with Crippen molar-refractivity contribution >= 4 is 34.8 Å². The van der Waals surface area contributed by atoms with Crippen molar-refractivity contribution in [1.82, 2.24) is 5.32 Å². The van der Waals surface area contributed by atoms with Crippen molar-refractivity contribution in [2.24, 2.45) is 0 Å². The molecule has 1 atom stereocenters. The first-order valence-electron chi connectivity index (χ1n) is 6.09. The number of halogens is 2. The Labute approximate surface area is 127 Å². The third-order valence-electron chi connectivity index (χ3n) is 2.98. The fourth-order valence-electron chi connectivity index (χ4n) is 1.85. The number of hydrogen-bond acceptors (Lipinski definition) is 2. The molecule has 0 aliphatic rings. The van der Waals surface area contributed by atoms with Crippen molar-refractivity contribution < 1.29 is 4.79 Å². The predicted octanol–water partition coefficient (Wildman–Crippen LogP) is 4.07. The molecule has 3 nitrogen and oxygen atoms in total. The van der Waals surface area contributed by atoms with Crippen LogP contribution in [0.1, 0.15) is 28.9 Å². The zero-order chi connectivity index (χ0) is 14.7. The Hall–Kier alpha value is -1.71. The highest BCUT2D eigenvalue weighted by molar-refractivity contribution is 6.33. The van der Waals surface area contributed by atoms with E-state index in [1.54, 1.807) is 24.3 Å². The lowest BCUT2D eigenvalue weighted by Gasteiger charge is -2.16. The second kappa shape index (κ2) is 6.16. The molecule has 2 aromatic rings. The SMILES string of the molecule is C[C@@H](NC(=O)c1ccc(N)c(Cl)c1)c1ccccc1Cl. The summed E-state index contributed by atoms with van der Waals surface area (Å²) in [5.41, 5.74) is 7.39. The van der Waals surface area contributed by atoms with Crippen LogP contribution >= 0.6 is 23.2 Å². The first-order chi connectivity index (χ1) is 9.49. The van der Waals surface area contributed by atoms with E-state index in [2.05, 4.69) is 5.32 Å². The average molecular weight is 309 g/mol. The summed E-state index contributed by atoms with van der Waals surface area (Å²) >= 11 is 12.0. The van der Waals surface area contributed by atoms with Crippen LogP contribution in [0.4, 0.5) is 5.69 Å². The summed E-state index contributed by atoms with van der Waals surface area (Å²) in [4.78, 5) is 12.1. The Balaban J connectivity index is 2.15.